The molecule has 158 valence electrons. The van der Waals surface area contributed by atoms with Crippen molar-refractivity contribution in [2.24, 2.45) is 0 Å². The van der Waals surface area contributed by atoms with Gasteiger partial charge in [0.25, 0.3) is 5.91 Å². The Balaban J connectivity index is 1.70. The Bertz CT molecular complexity index is 1050. The summed E-state index contributed by atoms with van der Waals surface area (Å²) in [6, 6.07) is 9.55. The summed E-state index contributed by atoms with van der Waals surface area (Å²) in [6.07, 6.45) is 4.78. The second-order valence-electron chi connectivity index (χ2n) is 7.79. The summed E-state index contributed by atoms with van der Waals surface area (Å²) in [5, 5.41) is 6.50. The summed E-state index contributed by atoms with van der Waals surface area (Å²) in [7, 11) is 0. The van der Waals surface area contributed by atoms with E-state index in [1.807, 2.05) is 32.9 Å². The van der Waals surface area contributed by atoms with Gasteiger partial charge in [0.2, 0.25) is 5.91 Å². The molecule has 6 heteroatoms. The van der Waals surface area contributed by atoms with E-state index in [9.17, 15) is 9.59 Å². The monoisotopic (exact) mass is 423 g/mol. The van der Waals surface area contributed by atoms with Gasteiger partial charge < -0.3 is 10.6 Å². The molecule has 5 nitrogen and oxygen atoms in total. The zero-order chi connectivity index (χ0) is 21.7. The van der Waals surface area contributed by atoms with Crippen molar-refractivity contribution in [2.75, 3.05) is 10.6 Å². The molecule has 0 aliphatic heterocycles. The molecule has 2 amide bonds. The van der Waals surface area contributed by atoms with E-state index in [1.165, 1.54) is 16.9 Å². The minimum absolute atomic E-state index is 0.00607. The Kier molecular flexibility index (Phi) is 7.21. The smallest absolute Gasteiger partial charge is 0.255 e. The van der Waals surface area contributed by atoms with Crippen LogP contribution in [0.15, 0.2) is 30.3 Å². The summed E-state index contributed by atoms with van der Waals surface area (Å²) in [5.41, 5.74) is 5.47. The number of hydrogen-bond acceptors (Lipinski definition) is 4. The maximum Gasteiger partial charge on any atom is 0.255 e. The molecule has 0 unspecified atom stereocenters. The maximum atomic E-state index is 12.8. The average Bonchev–Trinajstić information content (AvgIpc) is 3.09. The maximum absolute atomic E-state index is 12.8. The Labute approximate surface area is 181 Å². The van der Waals surface area contributed by atoms with Crippen molar-refractivity contribution in [3.8, 4) is 0 Å². The number of aryl methyl sites for hydroxylation is 3. The standard InChI is InChI=1S/C24H29N3O2S/c1-5-6-7-8-9-21(28)26-24-25-19-11-10-18(14-20(19)30-24)23(29)27-22-16(3)12-15(2)13-17(22)4/h10-14H,5-9H2,1-4H3,(H,27,29)(H,25,26,28). The SMILES string of the molecule is CCCCCCC(=O)Nc1nc2ccc(C(=O)Nc3c(C)cc(C)cc3C)cc2s1. The molecule has 2 N–H and O–H groups in total. The van der Waals surface area contributed by atoms with Crippen LogP contribution in [-0.4, -0.2) is 16.8 Å². The van der Waals surface area contributed by atoms with Gasteiger partial charge in [-0.15, -0.1) is 0 Å². The summed E-state index contributed by atoms with van der Waals surface area (Å²) in [6.45, 7) is 8.20. The molecule has 0 spiro atoms. The number of carbonyl (C=O) groups excluding carboxylic acids is 2. The molecule has 0 saturated heterocycles. The summed E-state index contributed by atoms with van der Waals surface area (Å²) in [4.78, 5) is 29.4. The lowest BCUT2D eigenvalue weighted by Gasteiger charge is -2.12. The first-order chi connectivity index (χ1) is 14.4. The second-order valence-corrected chi connectivity index (χ2v) is 8.82. The van der Waals surface area contributed by atoms with Crippen molar-refractivity contribution in [3.63, 3.8) is 0 Å². The molecule has 0 aliphatic carbocycles. The molecule has 0 bridgehead atoms. The summed E-state index contributed by atoms with van der Waals surface area (Å²) in [5.74, 6) is -0.157. The Morgan fingerprint density at radius 2 is 1.70 bits per heavy atom. The van der Waals surface area contributed by atoms with Crippen LogP contribution in [0.5, 0.6) is 0 Å². The fourth-order valence-corrected chi connectivity index (χ4v) is 4.50. The molecule has 0 aliphatic rings. The highest BCUT2D eigenvalue weighted by atomic mass is 32.1. The molecular formula is C24H29N3O2S. The minimum Gasteiger partial charge on any atom is -0.322 e. The van der Waals surface area contributed by atoms with Crippen molar-refractivity contribution in [3.05, 3.63) is 52.6 Å². The van der Waals surface area contributed by atoms with Crippen molar-refractivity contribution < 1.29 is 9.59 Å². The molecule has 30 heavy (non-hydrogen) atoms. The molecule has 3 rings (SSSR count). The lowest BCUT2D eigenvalue weighted by Crippen LogP contribution is -2.13. The van der Waals surface area contributed by atoms with Crippen LogP contribution in [0.3, 0.4) is 0 Å². The molecular weight excluding hydrogens is 394 g/mol. The lowest BCUT2D eigenvalue weighted by atomic mass is 10.0. The number of aromatic nitrogens is 1. The van der Waals surface area contributed by atoms with Crippen LogP contribution in [0.1, 0.15) is 66.1 Å². The quantitative estimate of drug-likeness (QED) is 0.413. The van der Waals surface area contributed by atoms with E-state index in [0.717, 1.165) is 52.7 Å². The molecule has 1 aromatic heterocycles. The van der Waals surface area contributed by atoms with Crippen molar-refractivity contribution in [1.82, 2.24) is 4.98 Å². The number of amides is 2. The van der Waals surface area contributed by atoms with Gasteiger partial charge in [-0.2, -0.15) is 0 Å². The van der Waals surface area contributed by atoms with E-state index >= 15 is 0 Å². The topological polar surface area (TPSA) is 71.1 Å². The van der Waals surface area contributed by atoms with Crippen molar-refractivity contribution in [1.29, 1.82) is 0 Å². The Morgan fingerprint density at radius 1 is 0.967 bits per heavy atom. The van der Waals surface area contributed by atoms with Gasteiger partial charge >= 0.3 is 0 Å². The van der Waals surface area contributed by atoms with Gasteiger partial charge in [0.1, 0.15) is 0 Å². The molecule has 1 heterocycles. The van der Waals surface area contributed by atoms with E-state index in [-0.39, 0.29) is 11.8 Å². The number of fused-ring (bicyclic) bond motifs is 1. The number of rotatable bonds is 8. The zero-order valence-corrected chi connectivity index (χ0v) is 18.9. The van der Waals surface area contributed by atoms with Gasteiger partial charge in [0, 0.05) is 17.7 Å². The number of unbranched alkanes of at least 4 members (excludes halogenated alkanes) is 3. The predicted octanol–water partition coefficient (Wildman–Crippen LogP) is 6.38. The molecule has 0 fully saturated rings. The van der Waals surface area contributed by atoms with E-state index in [0.29, 0.717) is 17.1 Å². The number of hydrogen-bond donors (Lipinski definition) is 2. The molecule has 2 aromatic carbocycles. The number of thiazole rings is 1. The third-order valence-corrected chi connectivity index (χ3v) is 6.00. The zero-order valence-electron chi connectivity index (χ0n) is 18.1. The summed E-state index contributed by atoms with van der Waals surface area (Å²) < 4.78 is 0.876. The average molecular weight is 424 g/mol. The van der Waals surface area contributed by atoms with Crippen LogP contribution in [-0.2, 0) is 4.79 Å². The molecule has 3 aromatic rings. The largest absolute Gasteiger partial charge is 0.322 e. The lowest BCUT2D eigenvalue weighted by molar-refractivity contribution is -0.116. The second kappa shape index (κ2) is 9.85. The molecule has 0 saturated carbocycles. The number of benzene rings is 2. The summed E-state index contributed by atoms with van der Waals surface area (Å²) >= 11 is 1.39. The van der Waals surface area contributed by atoms with Crippen LogP contribution in [0.2, 0.25) is 0 Å². The first kappa shape index (κ1) is 22.0. The fourth-order valence-electron chi connectivity index (χ4n) is 3.58. The number of anilines is 2. The van der Waals surface area contributed by atoms with E-state index < -0.39 is 0 Å². The highest BCUT2D eigenvalue weighted by molar-refractivity contribution is 7.22. The van der Waals surface area contributed by atoms with Crippen LogP contribution < -0.4 is 10.6 Å². The molecule has 0 atom stereocenters. The number of carbonyl (C=O) groups is 2. The predicted molar refractivity (Wildman–Crippen MR) is 126 cm³/mol. The normalized spacial score (nSPS) is 10.9. The van der Waals surface area contributed by atoms with Gasteiger partial charge in [0.05, 0.1) is 10.2 Å². The third-order valence-electron chi connectivity index (χ3n) is 5.07. The Morgan fingerprint density at radius 3 is 2.40 bits per heavy atom. The van der Waals surface area contributed by atoms with Gasteiger partial charge in [-0.25, -0.2) is 4.98 Å². The first-order valence-corrected chi connectivity index (χ1v) is 11.3. The first-order valence-electron chi connectivity index (χ1n) is 10.5. The highest BCUT2D eigenvalue weighted by Crippen LogP contribution is 2.28. The van der Waals surface area contributed by atoms with Crippen LogP contribution in [0.25, 0.3) is 10.2 Å². The van der Waals surface area contributed by atoms with Crippen LogP contribution in [0, 0.1) is 20.8 Å². The van der Waals surface area contributed by atoms with Crippen molar-refractivity contribution in [2.45, 2.75) is 59.8 Å². The van der Waals surface area contributed by atoms with Gasteiger partial charge in [0.15, 0.2) is 5.13 Å². The Hall–Kier alpha value is -2.73. The van der Waals surface area contributed by atoms with Gasteiger partial charge in [-0.1, -0.05) is 55.2 Å². The number of nitrogens with one attached hydrogen (secondary N) is 2. The fraction of sp³-hybridized carbons (Fsp3) is 0.375. The highest BCUT2D eigenvalue weighted by Gasteiger charge is 2.13. The van der Waals surface area contributed by atoms with Crippen LogP contribution in [0.4, 0.5) is 10.8 Å². The van der Waals surface area contributed by atoms with E-state index in [2.05, 4.69) is 34.7 Å². The minimum atomic E-state index is -0.151. The van der Waals surface area contributed by atoms with E-state index in [1.54, 1.807) is 6.07 Å². The van der Waals surface area contributed by atoms with Crippen molar-refractivity contribution >= 4 is 44.2 Å². The molecule has 0 radical (unpaired) electrons. The number of nitrogens with zero attached hydrogens (tertiary/aromatic N) is 1. The van der Waals surface area contributed by atoms with Gasteiger partial charge in [-0.05, 0) is 56.5 Å². The van der Waals surface area contributed by atoms with Gasteiger partial charge in [-0.3, -0.25) is 9.59 Å². The van der Waals surface area contributed by atoms with Crippen LogP contribution >= 0.6 is 11.3 Å². The third kappa shape index (κ3) is 5.45. The van der Waals surface area contributed by atoms with E-state index in [4.69, 9.17) is 0 Å².